The van der Waals surface area contributed by atoms with Gasteiger partial charge in [-0.1, -0.05) is 0 Å². The Morgan fingerprint density at radius 1 is 1.15 bits per heavy atom. The predicted molar refractivity (Wildman–Crippen MR) is 99.7 cm³/mol. The van der Waals surface area contributed by atoms with E-state index in [4.69, 9.17) is 10.00 Å². The summed E-state index contributed by atoms with van der Waals surface area (Å²) in [5.41, 5.74) is 1.38. The van der Waals surface area contributed by atoms with Crippen molar-refractivity contribution in [3.05, 3.63) is 59.7 Å². The van der Waals surface area contributed by atoms with E-state index in [2.05, 4.69) is 10.0 Å². The van der Waals surface area contributed by atoms with E-state index in [-0.39, 0.29) is 23.5 Å². The topological polar surface area (TPSA) is 108 Å². The fourth-order valence-corrected chi connectivity index (χ4v) is 3.77. The zero-order valence-electron chi connectivity index (χ0n) is 14.5. The second-order valence-electron chi connectivity index (χ2n) is 6.15. The maximum absolute atomic E-state index is 12.3. The Morgan fingerprint density at radius 2 is 1.85 bits per heavy atom. The smallest absolute Gasteiger partial charge is 0.255 e. The zero-order chi connectivity index (χ0) is 19.3. The van der Waals surface area contributed by atoms with E-state index in [1.165, 1.54) is 24.3 Å². The van der Waals surface area contributed by atoms with E-state index >= 15 is 0 Å². The number of hydrogen-bond acceptors (Lipinski definition) is 5. The van der Waals surface area contributed by atoms with Crippen LogP contribution in [-0.2, 0) is 14.8 Å². The van der Waals surface area contributed by atoms with Crippen LogP contribution in [0, 0.1) is 11.3 Å². The van der Waals surface area contributed by atoms with E-state index in [0.29, 0.717) is 23.4 Å². The van der Waals surface area contributed by atoms with Gasteiger partial charge in [-0.15, -0.1) is 0 Å². The third-order valence-electron chi connectivity index (χ3n) is 4.22. The van der Waals surface area contributed by atoms with Crippen LogP contribution >= 0.6 is 0 Å². The van der Waals surface area contributed by atoms with Gasteiger partial charge in [0.1, 0.15) is 0 Å². The number of sulfonamides is 1. The quantitative estimate of drug-likeness (QED) is 0.793. The summed E-state index contributed by atoms with van der Waals surface area (Å²) >= 11 is 0. The van der Waals surface area contributed by atoms with E-state index in [1.807, 2.05) is 6.07 Å². The largest absolute Gasteiger partial charge is 0.377 e. The first kappa shape index (κ1) is 19.0. The third-order valence-corrected chi connectivity index (χ3v) is 5.66. The third kappa shape index (κ3) is 4.92. The van der Waals surface area contributed by atoms with Crippen LogP contribution in [0.1, 0.15) is 28.8 Å². The van der Waals surface area contributed by atoms with Crippen LogP contribution in [0.25, 0.3) is 0 Å². The number of carbonyl (C=O) groups excluding carboxylic acids is 1. The van der Waals surface area contributed by atoms with Gasteiger partial charge in [0.05, 0.1) is 22.6 Å². The molecule has 2 N–H and O–H groups in total. The lowest BCUT2D eigenvalue weighted by atomic mass is 10.2. The van der Waals surface area contributed by atoms with Gasteiger partial charge in [0, 0.05) is 24.4 Å². The number of benzene rings is 2. The van der Waals surface area contributed by atoms with Crippen LogP contribution in [0.3, 0.4) is 0 Å². The first-order valence-electron chi connectivity index (χ1n) is 8.51. The van der Waals surface area contributed by atoms with Crippen LogP contribution in [0.15, 0.2) is 53.4 Å². The van der Waals surface area contributed by atoms with Crippen molar-refractivity contribution in [3.8, 4) is 6.07 Å². The molecular weight excluding hydrogens is 366 g/mol. The van der Waals surface area contributed by atoms with Crippen molar-refractivity contribution in [2.24, 2.45) is 0 Å². The zero-order valence-corrected chi connectivity index (χ0v) is 15.3. The number of nitrogens with one attached hydrogen (secondary N) is 2. The van der Waals surface area contributed by atoms with Gasteiger partial charge in [-0.05, 0) is 61.4 Å². The lowest BCUT2D eigenvalue weighted by Crippen LogP contribution is -2.31. The summed E-state index contributed by atoms with van der Waals surface area (Å²) in [6.45, 7) is 0.901. The van der Waals surface area contributed by atoms with Crippen LogP contribution in [0.5, 0.6) is 0 Å². The van der Waals surface area contributed by atoms with Crippen molar-refractivity contribution >= 4 is 21.6 Å². The van der Waals surface area contributed by atoms with Crippen LogP contribution in [0.2, 0.25) is 0 Å². The second-order valence-corrected chi connectivity index (χ2v) is 7.92. The maximum atomic E-state index is 12.3. The Kier molecular flexibility index (Phi) is 5.86. The van der Waals surface area contributed by atoms with E-state index in [0.717, 1.165) is 12.8 Å². The lowest BCUT2D eigenvalue weighted by Gasteiger charge is -2.12. The van der Waals surface area contributed by atoms with Crippen molar-refractivity contribution in [2.45, 2.75) is 23.8 Å². The van der Waals surface area contributed by atoms with Gasteiger partial charge in [0.15, 0.2) is 0 Å². The highest BCUT2D eigenvalue weighted by molar-refractivity contribution is 7.89. The molecule has 1 amide bonds. The molecule has 1 aliphatic heterocycles. The molecule has 0 bridgehead atoms. The van der Waals surface area contributed by atoms with Crippen LogP contribution in [-0.4, -0.2) is 33.6 Å². The first-order chi connectivity index (χ1) is 13.0. The number of ether oxygens (including phenoxy) is 1. The van der Waals surface area contributed by atoms with Crippen molar-refractivity contribution in [3.63, 3.8) is 0 Å². The first-order valence-corrected chi connectivity index (χ1v) is 9.99. The Labute approximate surface area is 158 Å². The number of nitrogens with zero attached hydrogens (tertiary/aromatic N) is 1. The molecule has 0 aromatic heterocycles. The maximum Gasteiger partial charge on any atom is 0.255 e. The van der Waals surface area contributed by atoms with Crippen LogP contribution < -0.4 is 10.0 Å². The van der Waals surface area contributed by atoms with Crippen molar-refractivity contribution < 1.29 is 17.9 Å². The molecule has 1 aliphatic rings. The molecule has 0 radical (unpaired) electrons. The average molecular weight is 385 g/mol. The van der Waals surface area contributed by atoms with Gasteiger partial charge in [-0.3, -0.25) is 4.79 Å². The summed E-state index contributed by atoms with van der Waals surface area (Å²) < 4.78 is 32.6. The highest BCUT2D eigenvalue weighted by Crippen LogP contribution is 2.15. The van der Waals surface area contributed by atoms with Gasteiger partial charge >= 0.3 is 0 Å². The molecule has 0 aliphatic carbocycles. The number of anilines is 1. The molecule has 1 fully saturated rings. The number of amides is 1. The van der Waals surface area contributed by atoms with Crippen molar-refractivity contribution in [1.29, 1.82) is 5.26 Å². The Morgan fingerprint density at radius 3 is 2.44 bits per heavy atom. The molecule has 1 saturated heterocycles. The average Bonchev–Trinajstić information content (AvgIpc) is 3.21. The number of carbonyl (C=O) groups is 1. The van der Waals surface area contributed by atoms with E-state index in [9.17, 15) is 13.2 Å². The molecule has 0 saturated carbocycles. The van der Waals surface area contributed by atoms with E-state index in [1.54, 1.807) is 24.3 Å². The van der Waals surface area contributed by atoms with Gasteiger partial charge < -0.3 is 10.1 Å². The summed E-state index contributed by atoms with van der Waals surface area (Å²) in [5, 5.41) is 11.5. The standard InChI is InChI=1S/C19H19N3O4S/c20-12-14-3-7-16(8-4-14)22-19(23)15-5-9-18(10-6-15)27(24,25)21-13-17-2-1-11-26-17/h3-10,17,21H,1-2,11,13H2,(H,22,23). The molecule has 2 aromatic rings. The summed E-state index contributed by atoms with van der Waals surface area (Å²) in [7, 11) is -3.65. The monoisotopic (exact) mass is 385 g/mol. The molecule has 3 rings (SSSR count). The summed E-state index contributed by atoms with van der Waals surface area (Å²) in [6, 6.07) is 14.2. The minimum absolute atomic E-state index is 0.0859. The molecular formula is C19H19N3O4S. The number of nitriles is 1. The molecule has 7 nitrogen and oxygen atoms in total. The van der Waals surface area contributed by atoms with Crippen molar-refractivity contribution in [2.75, 3.05) is 18.5 Å². The molecule has 2 aromatic carbocycles. The minimum Gasteiger partial charge on any atom is -0.377 e. The minimum atomic E-state index is -3.65. The fraction of sp³-hybridized carbons (Fsp3) is 0.263. The lowest BCUT2D eigenvalue weighted by molar-refractivity contribution is 0.102. The van der Waals surface area contributed by atoms with Crippen LogP contribution in [0.4, 0.5) is 5.69 Å². The molecule has 1 heterocycles. The Balaban J connectivity index is 1.62. The molecule has 140 valence electrons. The summed E-state index contributed by atoms with van der Waals surface area (Å²) in [6.07, 6.45) is 1.70. The Hall–Kier alpha value is -2.73. The summed E-state index contributed by atoms with van der Waals surface area (Å²) in [4.78, 5) is 12.4. The van der Waals surface area contributed by atoms with Gasteiger partial charge in [-0.2, -0.15) is 5.26 Å². The number of hydrogen-bond donors (Lipinski definition) is 2. The predicted octanol–water partition coefficient (Wildman–Crippen LogP) is 2.27. The van der Waals surface area contributed by atoms with E-state index < -0.39 is 10.0 Å². The van der Waals surface area contributed by atoms with Gasteiger partial charge in [-0.25, -0.2) is 13.1 Å². The van der Waals surface area contributed by atoms with Gasteiger partial charge in [0.2, 0.25) is 10.0 Å². The highest BCUT2D eigenvalue weighted by atomic mass is 32.2. The summed E-state index contributed by atoms with van der Waals surface area (Å²) in [5.74, 6) is -0.365. The molecule has 0 spiro atoms. The Bertz CT molecular complexity index is 942. The van der Waals surface area contributed by atoms with Crippen molar-refractivity contribution in [1.82, 2.24) is 4.72 Å². The number of rotatable bonds is 6. The van der Waals surface area contributed by atoms with Gasteiger partial charge in [0.25, 0.3) is 5.91 Å². The SMILES string of the molecule is N#Cc1ccc(NC(=O)c2ccc(S(=O)(=O)NCC3CCCO3)cc2)cc1. The molecule has 8 heteroatoms. The molecule has 1 unspecified atom stereocenters. The molecule has 27 heavy (non-hydrogen) atoms. The molecule has 1 atom stereocenters. The fourth-order valence-electron chi connectivity index (χ4n) is 2.71. The normalized spacial score (nSPS) is 16.6. The second kappa shape index (κ2) is 8.31. The highest BCUT2D eigenvalue weighted by Gasteiger charge is 2.20.